The Labute approximate surface area is 187 Å². The third-order valence-corrected chi connectivity index (χ3v) is 4.06. The van der Waals surface area contributed by atoms with Crippen molar-refractivity contribution in [2.75, 3.05) is 37.1 Å². The SMILES string of the molecule is CCOC(=O)CC(Nc1ccc(NC(CC(=O)OCC)C(=O)OCC)cc1)C(=O)OCC. The molecule has 0 aliphatic rings. The quantitative estimate of drug-likeness (QED) is 0.320. The molecule has 0 aliphatic carbocycles. The van der Waals surface area contributed by atoms with Crippen molar-refractivity contribution in [3.63, 3.8) is 0 Å². The van der Waals surface area contributed by atoms with E-state index in [4.69, 9.17) is 18.9 Å². The molecule has 0 fully saturated rings. The molecular weight excluding hydrogens is 420 g/mol. The predicted octanol–water partition coefficient (Wildman–Crippen LogP) is 2.28. The lowest BCUT2D eigenvalue weighted by atomic mass is 10.1. The van der Waals surface area contributed by atoms with Crippen LogP contribution in [0.4, 0.5) is 11.4 Å². The van der Waals surface area contributed by atoms with Crippen LogP contribution in [-0.4, -0.2) is 62.4 Å². The van der Waals surface area contributed by atoms with Crippen LogP contribution in [0.5, 0.6) is 0 Å². The van der Waals surface area contributed by atoms with Gasteiger partial charge in [0.25, 0.3) is 0 Å². The molecule has 10 nitrogen and oxygen atoms in total. The van der Waals surface area contributed by atoms with Crippen LogP contribution in [0.2, 0.25) is 0 Å². The number of benzene rings is 1. The third-order valence-electron chi connectivity index (χ3n) is 4.06. The molecular formula is C22H32N2O8. The van der Waals surface area contributed by atoms with Gasteiger partial charge in [-0.15, -0.1) is 0 Å². The lowest BCUT2D eigenvalue weighted by Crippen LogP contribution is -2.34. The summed E-state index contributed by atoms with van der Waals surface area (Å²) in [6, 6.07) is 4.81. The number of anilines is 2. The van der Waals surface area contributed by atoms with E-state index in [1.807, 2.05) is 0 Å². The number of carbonyl (C=O) groups is 4. The zero-order valence-corrected chi connectivity index (χ0v) is 19.0. The van der Waals surface area contributed by atoms with Crippen LogP contribution in [0.1, 0.15) is 40.5 Å². The van der Waals surface area contributed by atoms with Gasteiger partial charge in [0.2, 0.25) is 0 Å². The van der Waals surface area contributed by atoms with E-state index in [9.17, 15) is 19.2 Å². The van der Waals surface area contributed by atoms with Gasteiger partial charge in [-0.05, 0) is 52.0 Å². The van der Waals surface area contributed by atoms with Gasteiger partial charge in [-0.3, -0.25) is 9.59 Å². The van der Waals surface area contributed by atoms with E-state index in [2.05, 4.69) is 10.6 Å². The van der Waals surface area contributed by atoms with Gasteiger partial charge in [0.1, 0.15) is 12.1 Å². The summed E-state index contributed by atoms with van der Waals surface area (Å²) < 4.78 is 19.9. The summed E-state index contributed by atoms with van der Waals surface area (Å²) in [5, 5.41) is 5.91. The minimum absolute atomic E-state index is 0.179. The van der Waals surface area contributed by atoms with Crippen LogP contribution in [0.3, 0.4) is 0 Å². The number of ether oxygens (including phenoxy) is 4. The van der Waals surface area contributed by atoms with Gasteiger partial charge < -0.3 is 29.6 Å². The first-order valence-corrected chi connectivity index (χ1v) is 10.6. The van der Waals surface area contributed by atoms with Crippen molar-refractivity contribution in [2.45, 2.75) is 52.6 Å². The van der Waals surface area contributed by atoms with Crippen LogP contribution >= 0.6 is 0 Å². The van der Waals surface area contributed by atoms with Crippen LogP contribution in [-0.2, 0) is 38.1 Å². The molecule has 0 spiro atoms. The van der Waals surface area contributed by atoms with Crippen LogP contribution in [0, 0.1) is 0 Å². The predicted molar refractivity (Wildman–Crippen MR) is 117 cm³/mol. The highest BCUT2D eigenvalue weighted by Crippen LogP contribution is 2.18. The average Bonchev–Trinajstić information content (AvgIpc) is 2.74. The Bertz CT molecular complexity index is 688. The second-order valence-corrected chi connectivity index (χ2v) is 6.49. The first-order chi connectivity index (χ1) is 15.3. The smallest absolute Gasteiger partial charge is 0.329 e. The summed E-state index contributed by atoms with van der Waals surface area (Å²) in [4.78, 5) is 48.0. The van der Waals surface area contributed by atoms with Crippen LogP contribution < -0.4 is 10.6 Å². The topological polar surface area (TPSA) is 129 Å². The number of carbonyl (C=O) groups excluding carboxylic acids is 4. The molecule has 10 heteroatoms. The average molecular weight is 453 g/mol. The van der Waals surface area contributed by atoms with Gasteiger partial charge in [-0.2, -0.15) is 0 Å². The number of esters is 4. The second-order valence-electron chi connectivity index (χ2n) is 6.49. The molecule has 1 rings (SSSR count). The molecule has 0 saturated heterocycles. The first-order valence-electron chi connectivity index (χ1n) is 10.6. The Morgan fingerprint density at radius 3 is 1.22 bits per heavy atom. The van der Waals surface area contributed by atoms with E-state index in [0.717, 1.165) is 0 Å². The fourth-order valence-corrected chi connectivity index (χ4v) is 2.71. The minimum Gasteiger partial charge on any atom is -0.466 e. The Morgan fingerprint density at radius 1 is 0.625 bits per heavy atom. The maximum absolute atomic E-state index is 12.2. The molecule has 0 amide bonds. The summed E-state index contributed by atoms with van der Waals surface area (Å²) in [6.45, 7) is 7.50. The molecule has 1 aromatic carbocycles. The van der Waals surface area contributed by atoms with E-state index in [1.54, 1.807) is 52.0 Å². The van der Waals surface area contributed by atoms with E-state index >= 15 is 0 Å². The summed E-state index contributed by atoms with van der Waals surface area (Å²) in [6.07, 6.45) is -0.367. The number of hydrogen-bond acceptors (Lipinski definition) is 10. The van der Waals surface area contributed by atoms with E-state index in [0.29, 0.717) is 11.4 Å². The van der Waals surface area contributed by atoms with Gasteiger partial charge in [0.05, 0.1) is 39.3 Å². The summed E-state index contributed by atoms with van der Waals surface area (Å²) in [7, 11) is 0. The van der Waals surface area contributed by atoms with Crippen molar-refractivity contribution in [2.24, 2.45) is 0 Å². The summed E-state index contributed by atoms with van der Waals surface area (Å²) >= 11 is 0. The summed E-state index contributed by atoms with van der Waals surface area (Å²) in [5.41, 5.74) is 1.10. The molecule has 0 saturated carbocycles. The van der Waals surface area contributed by atoms with Crippen molar-refractivity contribution in [1.82, 2.24) is 0 Å². The normalized spacial score (nSPS) is 12.1. The molecule has 2 N–H and O–H groups in total. The van der Waals surface area contributed by atoms with Crippen molar-refractivity contribution in [1.29, 1.82) is 0 Å². The monoisotopic (exact) mass is 452 g/mol. The minimum atomic E-state index is -0.913. The van der Waals surface area contributed by atoms with E-state index in [1.165, 1.54) is 0 Å². The Kier molecular flexibility index (Phi) is 12.2. The Balaban J connectivity index is 2.88. The standard InChI is InChI=1S/C22H32N2O8/c1-5-29-19(25)13-17(21(27)31-7-3)23-15-9-11-16(12-10-15)24-18(22(28)32-8-4)14-20(26)30-6-2/h9-12,17-18,23-24H,5-8,13-14H2,1-4H3. The van der Waals surface area contributed by atoms with Crippen molar-refractivity contribution in [3.05, 3.63) is 24.3 Å². The zero-order chi connectivity index (χ0) is 23.9. The van der Waals surface area contributed by atoms with Crippen LogP contribution in [0.25, 0.3) is 0 Å². The van der Waals surface area contributed by atoms with Gasteiger partial charge in [0.15, 0.2) is 0 Å². The molecule has 1 aromatic rings. The molecule has 0 aromatic heterocycles. The Morgan fingerprint density at radius 2 is 0.938 bits per heavy atom. The lowest BCUT2D eigenvalue weighted by molar-refractivity contribution is -0.150. The Hall–Kier alpha value is -3.30. The third kappa shape index (κ3) is 9.67. The van der Waals surface area contributed by atoms with Gasteiger partial charge >= 0.3 is 23.9 Å². The fourth-order valence-electron chi connectivity index (χ4n) is 2.71. The molecule has 0 heterocycles. The molecule has 0 bridgehead atoms. The molecule has 0 aliphatic heterocycles. The van der Waals surface area contributed by atoms with Crippen molar-refractivity contribution >= 4 is 35.3 Å². The maximum Gasteiger partial charge on any atom is 0.329 e. The number of hydrogen-bond donors (Lipinski definition) is 2. The number of nitrogens with one attached hydrogen (secondary N) is 2. The maximum atomic E-state index is 12.2. The van der Waals surface area contributed by atoms with E-state index in [-0.39, 0.29) is 39.3 Å². The lowest BCUT2D eigenvalue weighted by Gasteiger charge is -2.19. The first kappa shape index (κ1) is 26.7. The zero-order valence-electron chi connectivity index (χ0n) is 19.0. The molecule has 2 atom stereocenters. The molecule has 32 heavy (non-hydrogen) atoms. The highest BCUT2D eigenvalue weighted by Gasteiger charge is 2.25. The van der Waals surface area contributed by atoms with Crippen LogP contribution in [0.15, 0.2) is 24.3 Å². The van der Waals surface area contributed by atoms with Gasteiger partial charge in [-0.25, -0.2) is 9.59 Å². The molecule has 2 unspecified atom stereocenters. The van der Waals surface area contributed by atoms with Gasteiger partial charge in [-0.1, -0.05) is 0 Å². The largest absolute Gasteiger partial charge is 0.466 e. The molecule has 178 valence electrons. The number of rotatable bonds is 14. The highest BCUT2D eigenvalue weighted by molar-refractivity contribution is 5.86. The highest BCUT2D eigenvalue weighted by atomic mass is 16.5. The van der Waals surface area contributed by atoms with Crippen molar-refractivity contribution < 1.29 is 38.1 Å². The second kappa shape index (κ2) is 14.7. The summed E-state index contributed by atoms with van der Waals surface area (Å²) in [5.74, 6) is -2.18. The van der Waals surface area contributed by atoms with Gasteiger partial charge in [0, 0.05) is 11.4 Å². The van der Waals surface area contributed by atoms with Crippen molar-refractivity contribution in [3.8, 4) is 0 Å². The fraction of sp³-hybridized carbons (Fsp3) is 0.545. The van der Waals surface area contributed by atoms with E-state index < -0.39 is 36.0 Å². The molecule has 0 radical (unpaired) electrons.